The van der Waals surface area contributed by atoms with Gasteiger partial charge in [0.2, 0.25) is 0 Å². The maximum absolute atomic E-state index is 5.33. The minimum Gasteiger partial charge on any atom is -0.159 e. The molecular formula is C5H9BS. The van der Waals surface area contributed by atoms with E-state index in [9.17, 15) is 0 Å². The van der Waals surface area contributed by atoms with E-state index in [4.69, 9.17) is 7.85 Å². The Labute approximate surface area is 50.8 Å². The summed E-state index contributed by atoms with van der Waals surface area (Å²) in [6.07, 6.45) is 2.02. The second-order valence-corrected chi connectivity index (χ2v) is 2.63. The standard InChI is InChI=1S/C5H9BS/c1-4(6)5(2)7-3/h5H,1H2,2-3H3. The van der Waals surface area contributed by atoms with Crippen LogP contribution in [-0.2, 0) is 0 Å². The predicted molar refractivity (Wildman–Crippen MR) is 37.9 cm³/mol. The van der Waals surface area contributed by atoms with E-state index in [2.05, 4.69) is 6.58 Å². The van der Waals surface area contributed by atoms with E-state index in [1.54, 1.807) is 11.8 Å². The van der Waals surface area contributed by atoms with Crippen molar-refractivity contribution in [1.29, 1.82) is 0 Å². The third kappa shape index (κ3) is 2.80. The Morgan fingerprint density at radius 1 is 1.86 bits per heavy atom. The zero-order valence-corrected chi connectivity index (χ0v) is 5.59. The van der Waals surface area contributed by atoms with Crippen LogP contribution in [-0.4, -0.2) is 19.4 Å². The summed E-state index contributed by atoms with van der Waals surface area (Å²) >= 11 is 1.71. The summed E-state index contributed by atoms with van der Waals surface area (Å²) in [4.78, 5) is 0. The number of hydrogen-bond acceptors (Lipinski definition) is 1. The van der Waals surface area contributed by atoms with Crippen LogP contribution in [0.2, 0.25) is 0 Å². The van der Waals surface area contributed by atoms with Gasteiger partial charge in [0.05, 0.1) is 0 Å². The Kier molecular flexibility index (Phi) is 3.27. The second kappa shape index (κ2) is 3.19. The van der Waals surface area contributed by atoms with Gasteiger partial charge in [0, 0.05) is 5.25 Å². The molecule has 2 radical (unpaired) electrons. The topological polar surface area (TPSA) is 0 Å². The van der Waals surface area contributed by atoms with Crippen LogP contribution in [0.1, 0.15) is 6.92 Å². The van der Waals surface area contributed by atoms with E-state index in [0.717, 1.165) is 5.47 Å². The zero-order chi connectivity index (χ0) is 5.86. The number of rotatable bonds is 2. The van der Waals surface area contributed by atoms with Gasteiger partial charge in [0.1, 0.15) is 7.85 Å². The SMILES string of the molecule is [B]C(=C)C(C)SC. The first-order valence-electron chi connectivity index (χ1n) is 2.15. The van der Waals surface area contributed by atoms with E-state index >= 15 is 0 Å². The summed E-state index contributed by atoms with van der Waals surface area (Å²) in [6.45, 7) is 5.62. The van der Waals surface area contributed by atoms with Gasteiger partial charge < -0.3 is 0 Å². The third-order valence-electron chi connectivity index (χ3n) is 0.876. The van der Waals surface area contributed by atoms with Crippen molar-refractivity contribution in [2.75, 3.05) is 6.26 Å². The summed E-state index contributed by atoms with van der Waals surface area (Å²) in [5.41, 5.74) is 0.757. The van der Waals surface area contributed by atoms with E-state index < -0.39 is 0 Å². The maximum Gasteiger partial charge on any atom is 0.108 e. The van der Waals surface area contributed by atoms with Crippen LogP contribution < -0.4 is 0 Å². The summed E-state index contributed by atoms with van der Waals surface area (Å²) in [5.74, 6) is 0. The lowest BCUT2D eigenvalue weighted by Crippen LogP contribution is -1.96. The van der Waals surface area contributed by atoms with Gasteiger partial charge >= 0.3 is 0 Å². The van der Waals surface area contributed by atoms with E-state index in [-0.39, 0.29) is 0 Å². The molecule has 0 N–H and O–H groups in total. The Bertz CT molecular complexity index is 70.5. The van der Waals surface area contributed by atoms with E-state index in [1.807, 2.05) is 13.2 Å². The van der Waals surface area contributed by atoms with Gasteiger partial charge in [0.25, 0.3) is 0 Å². The van der Waals surface area contributed by atoms with Crippen LogP contribution >= 0.6 is 11.8 Å². The molecule has 0 spiro atoms. The molecular weight excluding hydrogens is 103 g/mol. The quantitative estimate of drug-likeness (QED) is 0.487. The van der Waals surface area contributed by atoms with E-state index in [0.29, 0.717) is 5.25 Å². The molecule has 1 unspecified atom stereocenters. The van der Waals surface area contributed by atoms with Crippen LogP contribution in [0.15, 0.2) is 12.1 Å². The summed E-state index contributed by atoms with van der Waals surface area (Å²) in [6, 6.07) is 0. The lowest BCUT2D eigenvalue weighted by atomic mass is 9.95. The first-order valence-corrected chi connectivity index (χ1v) is 3.44. The molecule has 0 saturated heterocycles. The molecule has 0 aliphatic rings. The average molecular weight is 112 g/mol. The summed E-state index contributed by atoms with van der Waals surface area (Å²) in [5, 5.41) is 0.403. The van der Waals surface area contributed by atoms with Gasteiger partial charge in [-0.1, -0.05) is 6.92 Å². The molecule has 0 aromatic carbocycles. The van der Waals surface area contributed by atoms with Gasteiger partial charge in [-0.15, -0.1) is 12.1 Å². The summed E-state index contributed by atoms with van der Waals surface area (Å²) < 4.78 is 0. The van der Waals surface area contributed by atoms with Crippen molar-refractivity contribution >= 4 is 19.6 Å². The lowest BCUT2D eigenvalue weighted by molar-refractivity contribution is 1.23. The molecule has 0 fully saturated rings. The molecule has 1 atom stereocenters. The smallest absolute Gasteiger partial charge is 0.108 e. The van der Waals surface area contributed by atoms with Crippen LogP contribution in [0.25, 0.3) is 0 Å². The van der Waals surface area contributed by atoms with Crippen molar-refractivity contribution in [3.63, 3.8) is 0 Å². The highest BCUT2D eigenvalue weighted by molar-refractivity contribution is 7.99. The first-order chi connectivity index (χ1) is 3.18. The van der Waals surface area contributed by atoms with Gasteiger partial charge in [-0.05, 0) is 6.26 Å². The van der Waals surface area contributed by atoms with Gasteiger partial charge in [-0.2, -0.15) is 11.8 Å². The van der Waals surface area contributed by atoms with Crippen molar-refractivity contribution in [3.8, 4) is 0 Å². The largest absolute Gasteiger partial charge is 0.159 e. The van der Waals surface area contributed by atoms with Gasteiger partial charge in [-0.25, -0.2) is 0 Å². The normalized spacial score (nSPS) is 13.4. The fraction of sp³-hybridized carbons (Fsp3) is 0.600. The Balaban J connectivity index is 3.34. The molecule has 2 heteroatoms. The summed E-state index contributed by atoms with van der Waals surface area (Å²) in [7, 11) is 5.33. The molecule has 38 valence electrons. The molecule has 0 heterocycles. The molecule has 0 aromatic heterocycles. The highest BCUT2D eigenvalue weighted by atomic mass is 32.2. The van der Waals surface area contributed by atoms with Crippen LogP contribution in [0.3, 0.4) is 0 Å². The minimum atomic E-state index is 0.403. The Morgan fingerprint density at radius 3 is 2.29 bits per heavy atom. The van der Waals surface area contributed by atoms with E-state index in [1.165, 1.54) is 0 Å². The minimum absolute atomic E-state index is 0.403. The molecule has 0 bridgehead atoms. The molecule has 0 nitrogen and oxygen atoms in total. The first kappa shape index (κ1) is 7.15. The second-order valence-electron chi connectivity index (χ2n) is 1.45. The van der Waals surface area contributed by atoms with Crippen molar-refractivity contribution in [2.45, 2.75) is 12.2 Å². The maximum atomic E-state index is 5.33. The highest BCUT2D eigenvalue weighted by Crippen LogP contribution is 2.09. The zero-order valence-electron chi connectivity index (χ0n) is 4.77. The Morgan fingerprint density at radius 2 is 2.29 bits per heavy atom. The third-order valence-corrected chi connectivity index (χ3v) is 1.89. The fourth-order valence-corrected chi connectivity index (χ4v) is 0.454. The van der Waals surface area contributed by atoms with Crippen molar-refractivity contribution < 1.29 is 0 Å². The highest BCUT2D eigenvalue weighted by Gasteiger charge is 1.94. The van der Waals surface area contributed by atoms with Gasteiger partial charge in [-0.3, -0.25) is 0 Å². The molecule has 7 heavy (non-hydrogen) atoms. The van der Waals surface area contributed by atoms with Crippen molar-refractivity contribution in [3.05, 3.63) is 12.1 Å². The molecule has 0 aliphatic heterocycles. The molecule has 0 rings (SSSR count). The van der Waals surface area contributed by atoms with Gasteiger partial charge in [0.15, 0.2) is 0 Å². The molecule has 0 aromatic rings. The van der Waals surface area contributed by atoms with Crippen molar-refractivity contribution in [1.82, 2.24) is 0 Å². The van der Waals surface area contributed by atoms with Crippen molar-refractivity contribution in [2.24, 2.45) is 0 Å². The predicted octanol–water partition coefficient (Wildman–Crippen LogP) is 1.42. The van der Waals surface area contributed by atoms with Crippen LogP contribution in [0.4, 0.5) is 0 Å². The Hall–Kier alpha value is 0.155. The fourth-order valence-electron chi connectivity index (χ4n) is 0.151. The number of hydrogen-bond donors (Lipinski definition) is 0. The lowest BCUT2D eigenvalue weighted by Gasteiger charge is -2.04. The monoisotopic (exact) mass is 112 g/mol. The van der Waals surface area contributed by atoms with Crippen LogP contribution in [0, 0.1) is 0 Å². The average Bonchev–Trinajstić information content (AvgIpc) is 1.65. The molecule has 0 amide bonds. The molecule has 0 saturated carbocycles. The number of thioether (sulfide) groups is 1. The van der Waals surface area contributed by atoms with Crippen LogP contribution in [0.5, 0.6) is 0 Å². The molecule has 0 aliphatic carbocycles.